The Bertz CT molecular complexity index is 256. The molecule has 0 atom stereocenters. The lowest BCUT2D eigenvalue weighted by atomic mass is 9.67. The molecule has 1 fully saturated rings. The molecule has 0 aromatic heterocycles. The van der Waals surface area contributed by atoms with Crippen molar-refractivity contribution in [2.24, 2.45) is 5.41 Å². The highest BCUT2D eigenvalue weighted by Gasteiger charge is 2.43. The van der Waals surface area contributed by atoms with Crippen molar-refractivity contribution in [3.8, 4) is 0 Å². The molecular weight excluding hydrogens is 182 g/mol. The maximum absolute atomic E-state index is 10.9. The quantitative estimate of drug-likeness (QED) is 0.644. The van der Waals surface area contributed by atoms with Crippen LogP contribution in [0.4, 0.5) is 0 Å². The summed E-state index contributed by atoms with van der Waals surface area (Å²) in [6.45, 7) is 3.73. The molecule has 4 heteroatoms. The molecule has 0 unspecified atom stereocenters. The van der Waals surface area contributed by atoms with Crippen molar-refractivity contribution in [1.29, 1.82) is 0 Å². The number of hydrogen-bond acceptors (Lipinski definition) is 2. The normalized spacial score (nSPS) is 18.0. The van der Waals surface area contributed by atoms with Gasteiger partial charge in [-0.15, -0.1) is 0 Å². The molecule has 1 amide bonds. The average Bonchev–Trinajstić information content (AvgIpc) is 2.08. The highest BCUT2D eigenvalue weighted by Crippen LogP contribution is 2.43. The Morgan fingerprint density at radius 1 is 1.50 bits per heavy atom. The summed E-state index contributed by atoms with van der Waals surface area (Å²) in [6.07, 6.45) is 4.14. The predicted molar refractivity (Wildman–Crippen MR) is 51.7 cm³/mol. The van der Waals surface area contributed by atoms with Crippen LogP contribution in [-0.4, -0.2) is 23.5 Å². The van der Waals surface area contributed by atoms with Crippen molar-refractivity contribution in [3.05, 3.63) is 12.7 Å². The molecule has 1 aliphatic carbocycles. The van der Waals surface area contributed by atoms with Gasteiger partial charge in [0.05, 0.1) is 5.41 Å². The van der Waals surface area contributed by atoms with Crippen LogP contribution >= 0.6 is 0 Å². The number of carbonyl (C=O) groups is 2. The topological polar surface area (TPSA) is 66.4 Å². The summed E-state index contributed by atoms with van der Waals surface area (Å²) in [5.41, 5.74) is -0.575. The zero-order valence-corrected chi connectivity index (χ0v) is 8.08. The van der Waals surface area contributed by atoms with E-state index in [1.165, 1.54) is 6.08 Å². The molecule has 4 nitrogen and oxygen atoms in total. The minimum atomic E-state index is -0.739. The van der Waals surface area contributed by atoms with Crippen molar-refractivity contribution in [3.63, 3.8) is 0 Å². The fraction of sp³-hybridized carbons (Fsp3) is 0.600. The smallest absolute Gasteiger partial charge is 0.309 e. The van der Waals surface area contributed by atoms with Gasteiger partial charge in [0.25, 0.3) is 0 Å². The van der Waals surface area contributed by atoms with Gasteiger partial charge < -0.3 is 10.4 Å². The molecule has 14 heavy (non-hydrogen) atoms. The largest absolute Gasteiger partial charge is 0.481 e. The summed E-state index contributed by atoms with van der Waals surface area (Å²) in [7, 11) is 0. The van der Waals surface area contributed by atoms with E-state index in [0.29, 0.717) is 13.0 Å². The molecule has 0 radical (unpaired) electrons. The Hall–Kier alpha value is -1.32. The number of nitrogens with one attached hydrogen (secondary N) is 1. The number of rotatable bonds is 5. The van der Waals surface area contributed by atoms with Gasteiger partial charge >= 0.3 is 5.97 Å². The Morgan fingerprint density at radius 2 is 2.14 bits per heavy atom. The van der Waals surface area contributed by atoms with E-state index in [-0.39, 0.29) is 5.91 Å². The van der Waals surface area contributed by atoms with Crippen LogP contribution < -0.4 is 5.32 Å². The summed E-state index contributed by atoms with van der Waals surface area (Å²) in [5.74, 6) is -0.985. The zero-order chi connectivity index (χ0) is 10.6. The highest BCUT2D eigenvalue weighted by atomic mass is 16.4. The third kappa shape index (κ3) is 2.13. The van der Waals surface area contributed by atoms with E-state index >= 15 is 0 Å². The summed E-state index contributed by atoms with van der Waals surface area (Å²) in [6, 6.07) is 0. The standard InChI is InChI=1S/C10H15NO3/c1-2-8(12)11-7-6-10(9(13)14)4-3-5-10/h2H,1,3-7H2,(H,11,12)(H,13,14). The molecule has 0 bridgehead atoms. The van der Waals surface area contributed by atoms with E-state index in [9.17, 15) is 9.59 Å². The van der Waals surface area contributed by atoms with Crippen molar-refractivity contribution in [1.82, 2.24) is 5.32 Å². The van der Waals surface area contributed by atoms with Crippen molar-refractivity contribution in [2.75, 3.05) is 6.54 Å². The van der Waals surface area contributed by atoms with Crippen LogP contribution in [0.5, 0.6) is 0 Å². The molecular formula is C10H15NO3. The fourth-order valence-electron chi connectivity index (χ4n) is 1.67. The van der Waals surface area contributed by atoms with E-state index in [1.54, 1.807) is 0 Å². The van der Waals surface area contributed by atoms with Gasteiger partial charge in [-0.05, 0) is 25.3 Å². The maximum atomic E-state index is 10.9. The number of carbonyl (C=O) groups excluding carboxylic acids is 1. The number of hydrogen-bond donors (Lipinski definition) is 2. The Kier molecular flexibility index (Phi) is 3.28. The third-order valence-corrected chi connectivity index (χ3v) is 2.85. The fourth-order valence-corrected chi connectivity index (χ4v) is 1.67. The van der Waals surface area contributed by atoms with Gasteiger partial charge in [0.15, 0.2) is 0 Å². The Morgan fingerprint density at radius 3 is 2.50 bits per heavy atom. The lowest BCUT2D eigenvalue weighted by molar-refractivity contribution is -0.155. The number of amides is 1. The minimum absolute atomic E-state index is 0.245. The second kappa shape index (κ2) is 4.26. The molecule has 0 aromatic carbocycles. The van der Waals surface area contributed by atoms with Crippen LogP contribution in [0, 0.1) is 5.41 Å². The van der Waals surface area contributed by atoms with Crippen LogP contribution in [0.3, 0.4) is 0 Å². The maximum Gasteiger partial charge on any atom is 0.309 e. The summed E-state index contributed by atoms with van der Waals surface area (Å²) in [5, 5.41) is 11.6. The molecule has 1 rings (SSSR count). The third-order valence-electron chi connectivity index (χ3n) is 2.85. The number of carboxylic acid groups (broad SMARTS) is 1. The molecule has 0 aromatic rings. The summed E-state index contributed by atoms with van der Waals surface area (Å²) in [4.78, 5) is 21.7. The predicted octanol–water partition coefficient (Wildman–Crippen LogP) is 0.934. The first kappa shape index (κ1) is 10.8. The van der Waals surface area contributed by atoms with Crippen LogP contribution in [0.25, 0.3) is 0 Å². The van der Waals surface area contributed by atoms with Crippen LogP contribution in [0.2, 0.25) is 0 Å². The van der Waals surface area contributed by atoms with Crippen molar-refractivity contribution < 1.29 is 14.7 Å². The van der Waals surface area contributed by atoms with Crippen molar-refractivity contribution >= 4 is 11.9 Å². The molecule has 0 aliphatic heterocycles. The Labute approximate surface area is 83.0 Å². The number of aliphatic carboxylic acids is 1. The average molecular weight is 197 g/mol. The first-order valence-electron chi connectivity index (χ1n) is 4.74. The van der Waals surface area contributed by atoms with Gasteiger partial charge in [-0.3, -0.25) is 9.59 Å². The lowest BCUT2D eigenvalue weighted by Gasteiger charge is -2.37. The van der Waals surface area contributed by atoms with E-state index < -0.39 is 11.4 Å². The zero-order valence-electron chi connectivity index (χ0n) is 8.08. The van der Waals surface area contributed by atoms with Gasteiger partial charge in [-0.2, -0.15) is 0 Å². The molecule has 2 N–H and O–H groups in total. The van der Waals surface area contributed by atoms with E-state index in [4.69, 9.17) is 5.11 Å². The molecule has 1 saturated carbocycles. The van der Waals surface area contributed by atoms with Gasteiger partial charge in [0.1, 0.15) is 0 Å². The first-order valence-corrected chi connectivity index (χ1v) is 4.74. The summed E-state index contributed by atoms with van der Waals surface area (Å²) < 4.78 is 0. The number of carboxylic acids is 1. The van der Waals surface area contributed by atoms with E-state index in [1.807, 2.05) is 0 Å². The highest BCUT2D eigenvalue weighted by molar-refractivity contribution is 5.86. The van der Waals surface area contributed by atoms with Gasteiger partial charge in [-0.25, -0.2) is 0 Å². The van der Waals surface area contributed by atoms with E-state index in [2.05, 4.69) is 11.9 Å². The van der Waals surface area contributed by atoms with Gasteiger partial charge in [0, 0.05) is 6.54 Å². The van der Waals surface area contributed by atoms with Gasteiger partial charge in [0.2, 0.25) is 5.91 Å². The van der Waals surface area contributed by atoms with Crippen LogP contribution in [0.15, 0.2) is 12.7 Å². The monoisotopic (exact) mass is 197 g/mol. The Balaban J connectivity index is 2.32. The van der Waals surface area contributed by atoms with Crippen LogP contribution in [0.1, 0.15) is 25.7 Å². The van der Waals surface area contributed by atoms with Crippen molar-refractivity contribution in [2.45, 2.75) is 25.7 Å². The first-order chi connectivity index (χ1) is 6.60. The van der Waals surface area contributed by atoms with Gasteiger partial charge in [-0.1, -0.05) is 13.0 Å². The minimum Gasteiger partial charge on any atom is -0.481 e. The summed E-state index contributed by atoms with van der Waals surface area (Å²) >= 11 is 0. The molecule has 0 saturated heterocycles. The lowest BCUT2D eigenvalue weighted by Crippen LogP contribution is -2.40. The molecule has 1 aliphatic rings. The SMILES string of the molecule is C=CC(=O)NCCC1(C(=O)O)CCC1. The second-order valence-corrected chi connectivity index (χ2v) is 3.68. The van der Waals surface area contributed by atoms with Crippen LogP contribution in [-0.2, 0) is 9.59 Å². The molecule has 78 valence electrons. The second-order valence-electron chi connectivity index (χ2n) is 3.68. The molecule has 0 spiro atoms. The molecule has 0 heterocycles. The van der Waals surface area contributed by atoms with E-state index in [0.717, 1.165) is 19.3 Å².